The molecule has 162 valence electrons. The van der Waals surface area contributed by atoms with Crippen LogP contribution in [0.5, 0.6) is 0 Å². The number of thioether (sulfide) groups is 1. The molecule has 0 radical (unpaired) electrons. The number of nitrogen functional groups attached to an aromatic ring is 1. The van der Waals surface area contributed by atoms with Crippen LogP contribution in [-0.2, 0) is 14.4 Å². The summed E-state index contributed by atoms with van der Waals surface area (Å²) in [6.07, 6.45) is 0. The zero-order chi connectivity index (χ0) is 22.4. The maximum absolute atomic E-state index is 12.9. The van der Waals surface area contributed by atoms with Crippen molar-refractivity contribution in [2.24, 2.45) is 10.1 Å². The van der Waals surface area contributed by atoms with Gasteiger partial charge in [0.05, 0.1) is 11.3 Å². The Balaban J connectivity index is 0.00000341. The fraction of sp³-hybridized carbons (Fsp3) is 0.438. The topological polar surface area (TPSA) is 154 Å². The molecule has 3 N–H and O–H groups in total. The van der Waals surface area contributed by atoms with E-state index in [1.165, 1.54) is 29.2 Å². The van der Waals surface area contributed by atoms with E-state index in [9.17, 15) is 19.8 Å². The molecule has 3 rings (SSSR count). The van der Waals surface area contributed by atoms with Crippen LogP contribution in [0.15, 0.2) is 20.0 Å². The quantitative estimate of drug-likeness (QED) is 0.147. The second-order valence-corrected chi connectivity index (χ2v) is 10.4. The van der Waals surface area contributed by atoms with Crippen molar-refractivity contribution in [2.45, 2.75) is 36.1 Å². The average Bonchev–Trinajstić information content (AvgIpc) is 3.17. The molecule has 3 heterocycles. The number of carbonyl (C=O) groups is 2. The molecule has 0 bridgehead atoms. The number of β-lactam (4-membered cyclic amide) rings is 1. The Morgan fingerprint density at radius 3 is 2.58 bits per heavy atom. The minimum absolute atomic E-state index is 0. The van der Waals surface area contributed by atoms with Crippen molar-refractivity contribution < 1.29 is 54.2 Å². The van der Waals surface area contributed by atoms with Crippen molar-refractivity contribution in [3.05, 3.63) is 15.6 Å². The number of hydrogen-bond donors (Lipinski definition) is 2. The molecule has 2 aliphatic rings. The minimum Gasteiger partial charge on any atom is -0.857 e. The van der Waals surface area contributed by atoms with Crippen molar-refractivity contribution in [1.82, 2.24) is 9.88 Å². The number of aliphatic imine (C=N–C) groups is 1. The van der Waals surface area contributed by atoms with E-state index in [1.54, 1.807) is 13.8 Å². The molecule has 1 aromatic rings. The summed E-state index contributed by atoms with van der Waals surface area (Å²) in [5.74, 6) is -2.58. The first kappa shape index (κ1) is 26.2. The normalized spacial score (nSPS) is 24.7. The first-order valence-electron chi connectivity index (χ1n) is 8.35. The molecule has 1 amide bonds. The van der Waals surface area contributed by atoms with Gasteiger partial charge in [0.2, 0.25) is 0 Å². The monoisotopic (exact) mass is 515 g/mol. The third-order valence-corrected chi connectivity index (χ3v) is 7.10. The summed E-state index contributed by atoms with van der Waals surface area (Å²) < 4.78 is -1.06. The van der Waals surface area contributed by atoms with E-state index in [2.05, 4.69) is 15.1 Å². The second kappa shape index (κ2) is 9.86. The Morgan fingerprint density at radius 1 is 1.45 bits per heavy atom. The largest absolute Gasteiger partial charge is 1.00 e. The van der Waals surface area contributed by atoms with E-state index in [-0.39, 0.29) is 56.2 Å². The summed E-state index contributed by atoms with van der Waals surface area (Å²) in [4.78, 5) is 38.2. The van der Waals surface area contributed by atoms with Gasteiger partial charge >= 0.3 is 35.5 Å². The van der Waals surface area contributed by atoms with Crippen LogP contribution in [0.2, 0.25) is 0 Å². The van der Waals surface area contributed by atoms with Crippen LogP contribution < -0.4 is 40.4 Å². The molecular formula is C16H16Cl2N5NaO5S2. The third kappa shape index (κ3) is 4.85. The van der Waals surface area contributed by atoms with Gasteiger partial charge in [0.1, 0.15) is 28.7 Å². The van der Waals surface area contributed by atoms with E-state index in [1.807, 2.05) is 0 Å². The van der Waals surface area contributed by atoms with Crippen molar-refractivity contribution >= 4 is 80.5 Å². The number of aromatic nitrogens is 1. The summed E-state index contributed by atoms with van der Waals surface area (Å²) in [6.45, 7) is 3.44. The van der Waals surface area contributed by atoms with Crippen LogP contribution in [0.3, 0.4) is 0 Å². The van der Waals surface area contributed by atoms with Gasteiger partial charge in [-0.2, -0.15) is 0 Å². The van der Waals surface area contributed by atoms with Gasteiger partial charge in [0, 0.05) is 16.0 Å². The number of carbonyl (C=O) groups excluding carboxylic acids is 1. The van der Waals surface area contributed by atoms with Crippen LogP contribution in [0.4, 0.5) is 5.13 Å². The molecule has 2 saturated heterocycles. The van der Waals surface area contributed by atoms with Gasteiger partial charge in [0.15, 0.2) is 11.2 Å². The summed E-state index contributed by atoms with van der Waals surface area (Å²) >= 11 is 14.3. The first-order valence-corrected chi connectivity index (χ1v) is 10.9. The van der Waals surface area contributed by atoms with Gasteiger partial charge in [-0.3, -0.25) is 9.79 Å². The fourth-order valence-electron chi connectivity index (χ4n) is 3.29. The minimum atomic E-state index is -1.12. The molecule has 1 aromatic heterocycles. The van der Waals surface area contributed by atoms with Crippen LogP contribution in [0, 0.1) is 0 Å². The van der Waals surface area contributed by atoms with Crippen molar-refractivity contribution in [2.75, 3.05) is 12.8 Å². The molecule has 0 unspecified atom stereocenters. The first-order chi connectivity index (χ1) is 14.0. The number of rotatable bonds is 6. The molecule has 2 aliphatic heterocycles. The summed E-state index contributed by atoms with van der Waals surface area (Å²) in [7, 11) is 1.21. The number of carboxylic acids is 1. The Bertz CT molecular complexity index is 995. The smallest absolute Gasteiger partial charge is 0.857 e. The SMILES string of the molecule is CO/N=C(/C([O-])=N[C@@H]1C(=O)N2[C@@H]1SC(C)(C)[C@@H]2C(=O)O)C(=C(Cl)Cl)c1csc(N)n1.[Na+]. The average molecular weight is 516 g/mol. The van der Waals surface area contributed by atoms with E-state index in [4.69, 9.17) is 33.8 Å². The zero-order valence-corrected chi connectivity index (χ0v) is 22.0. The molecule has 0 aliphatic carbocycles. The molecule has 31 heavy (non-hydrogen) atoms. The zero-order valence-electron chi connectivity index (χ0n) is 16.8. The summed E-state index contributed by atoms with van der Waals surface area (Å²) in [5, 5.41) is 27.2. The number of oxime groups is 1. The number of nitrogens with zero attached hydrogens (tertiary/aromatic N) is 4. The van der Waals surface area contributed by atoms with E-state index in [0.717, 1.165) is 11.3 Å². The van der Waals surface area contributed by atoms with Crippen molar-refractivity contribution in [3.8, 4) is 0 Å². The summed E-state index contributed by atoms with van der Waals surface area (Å²) in [5.41, 5.74) is 5.43. The van der Waals surface area contributed by atoms with Crippen LogP contribution in [-0.4, -0.2) is 67.8 Å². The number of amides is 1. The van der Waals surface area contributed by atoms with Crippen molar-refractivity contribution in [1.29, 1.82) is 0 Å². The Kier molecular flexibility index (Phi) is 8.34. The van der Waals surface area contributed by atoms with E-state index in [0.29, 0.717) is 0 Å². The predicted octanol–water partition coefficient (Wildman–Crippen LogP) is -1.85. The van der Waals surface area contributed by atoms with Gasteiger partial charge < -0.3 is 25.7 Å². The van der Waals surface area contributed by atoms with Crippen LogP contribution in [0.1, 0.15) is 19.5 Å². The molecule has 2 fully saturated rings. The number of carboxylic acid groups (broad SMARTS) is 1. The molecular weight excluding hydrogens is 500 g/mol. The summed E-state index contributed by atoms with van der Waals surface area (Å²) in [6, 6.07) is -2.08. The van der Waals surface area contributed by atoms with Crippen LogP contribution >= 0.6 is 46.3 Å². The second-order valence-electron chi connectivity index (χ2n) is 6.81. The number of aliphatic carboxylic acids is 1. The van der Waals surface area contributed by atoms with Gasteiger partial charge in [-0.25, -0.2) is 9.78 Å². The maximum atomic E-state index is 12.9. The molecule has 0 spiro atoms. The van der Waals surface area contributed by atoms with Gasteiger partial charge in [-0.1, -0.05) is 28.4 Å². The Hall–Kier alpha value is -1.02. The molecule has 15 heteroatoms. The number of thiazole rings is 1. The Labute approximate surface area is 217 Å². The number of halogens is 2. The number of fused-ring (bicyclic) bond motifs is 1. The van der Waals surface area contributed by atoms with Gasteiger partial charge in [0.25, 0.3) is 5.91 Å². The fourth-order valence-corrected chi connectivity index (χ4v) is 5.83. The van der Waals surface area contributed by atoms with Gasteiger partial charge in [-0.15, -0.1) is 23.1 Å². The maximum Gasteiger partial charge on any atom is 1.00 e. The van der Waals surface area contributed by atoms with E-state index >= 15 is 0 Å². The molecule has 10 nitrogen and oxygen atoms in total. The number of hydrogen-bond acceptors (Lipinski definition) is 10. The van der Waals surface area contributed by atoms with Crippen LogP contribution in [0.25, 0.3) is 5.57 Å². The standard InChI is InChI=1S/C16H17Cl2N5O5S2.Na/c1-16(2)9(14(26)27)23-12(25)8(13(23)30-16)21-11(24)7(22-28-3)6(10(17)18)5-4-29-15(19)20-5;/h4,8-9,13H,1-3H3,(H2,19,20)(H,21,24)(H,26,27);/q;+1/p-1/b22-7+;/t8-,9+,13-;/m1./s1. The Morgan fingerprint density at radius 2 is 2.10 bits per heavy atom. The van der Waals surface area contributed by atoms with Crippen molar-refractivity contribution in [3.63, 3.8) is 0 Å². The molecule has 0 saturated carbocycles. The number of nitrogens with two attached hydrogens (primary N) is 1. The van der Waals surface area contributed by atoms with E-state index < -0.39 is 40.0 Å². The molecule has 3 atom stereocenters. The predicted molar refractivity (Wildman–Crippen MR) is 115 cm³/mol. The number of anilines is 1. The van der Waals surface area contributed by atoms with Gasteiger partial charge in [-0.05, 0) is 13.8 Å². The molecule has 0 aromatic carbocycles. The third-order valence-electron chi connectivity index (χ3n) is 4.49.